The van der Waals surface area contributed by atoms with Crippen molar-refractivity contribution in [1.82, 2.24) is 9.80 Å². The van der Waals surface area contributed by atoms with Gasteiger partial charge in [-0.05, 0) is 35.2 Å². The van der Waals surface area contributed by atoms with Gasteiger partial charge in [-0.2, -0.15) is 5.26 Å². The summed E-state index contributed by atoms with van der Waals surface area (Å²) in [4.78, 5) is 28.4. The van der Waals surface area contributed by atoms with Crippen LogP contribution in [0.2, 0.25) is 0 Å². The zero-order valence-corrected chi connectivity index (χ0v) is 15.7. The van der Waals surface area contributed by atoms with E-state index in [1.807, 2.05) is 30.3 Å². The Labute approximate surface area is 159 Å². The fraction of sp³-hybridized carbons (Fsp3) is 0.318. The third-order valence-electron chi connectivity index (χ3n) is 5.09. The normalized spacial score (nSPS) is 15.6. The molecule has 2 aromatic rings. The summed E-state index contributed by atoms with van der Waals surface area (Å²) >= 11 is 0. The lowest BCUT2D eigenvalue weighted by atomic mass is 9.90. The second kappa shape index (κ2) is 8.05. The number of nitrogens with zero attached hydrogens (tertiary/aromatic N) is 3. The highest BCUT2D eigenvalue weighted by molar-refractivity contribution is 5.79. The SMILES string of the molecule is CC(=O)N1CCc2ccccc2C1CC(=O)N(C)Cc1cccc(C#N)c1. The van der Waals surface area contributed by atoms with Crippen LogP contribution in [0.5, 0.6) is 0 Å². The summed E-state index contributed by atoms with van der Waals surface area (Å²) in [7, 11) is 1.76. The fourth-order valence-corrected chi connectivity index (χ4v) is 3.67. The molecule has 3 rings (SSSR count). The highest BCUT2D eigenvalue weighted by atomic mass is 16.2. The highest BCUT2D eigenvalue weighted by Gasteiger charge is 2.31. The van der Waals surface area contributed by atoms with Crippen molar-refractivity contribution >= 4 is 11.8 Å². The molecule has 0 bridgehead atoms. The van der Waals surface area contributed by atoms with Crippen molar-refractivity contribution in [2.75, 3.05) is 13.6 Å². The number of hydrogen-bond donors (Lipinski definition) is 0. The van der Waals surface area contributed by atoms with Gasteiger partial charge in [-0.25, -0.2) is 0 Å². The summed E-state index contributed by atoms with van der Waals surface area (Å²) in [5, 5.41) is 9.03. The Hall–Kier alpha value is -3.13. The number of benzene rings is 2. The van der Waals surface area contributed by atoms with Crippen LogP contribution in [0.1, 0.15) is 41.6 Å². The lowest BCUT2D eigenvalue weighted by molar-refractivity contribution is -0.136. The van der Waals surface area contributed by atoms with Crippen LogP contribution < -0.4 is 0 Å². The van der Waals surface area contributed by atoms with Crippen LogP contribution in [-0.4, -0.2) is 35.2 Å². The van der Waals surface area contributed by atoms with E-state index in [-0.39, 0.29) is 24.3 Å². The Morgan fingerprint density at radius 3 is 2.74 bits per heavy atom. The van der Waals surface area contributed by atoms with E-state index in [2.05, 4.69) is 12.1 Å². The molecule has 1 unspecified atom stereocenters. The first kappa shape index (κ1) is 18.7. The van der Waals surface area contributed by atoms with Crippen LogP contribution in [-0.2, 0) is 22.6 Å². The number of rotatable bonds is 4. The summed E-state index contributed by atoms with van der Waals surface area (Å²) in [6.07, 6.45) is 1.07. The molecule has 0 fully saturated rings. The molecular weight excluding hydrogens is 338 g/mol. The second-order valence-electron chi connectivity index (χ2n) is 6.94. The number of carbonyl (C=O) groups excluding carboxylic acids is 2. The van der Waals surface area contributed by atoms with Gasteiger partial charge in [0.1, 0.15) is 0 Å². The molecule has 138 valence electrons. The molecule has 0 saturated heterocycles. The first-order chi connectivity index (χ1) is 13.0. The van der Waals surface area contributed by atoms with E-state index in [1.54, 1.807) is 35.9 Å². The predicted octanol–water partition coefficient (Wildman–Crippen LogP) is 3.05. The zero-order chi connectivity index (χ0) is 19.4. The number of fused-ring (bicyclic) bond motifs is 1. The number of nitriles is 1. The highest BCUT2D eigenvalue weighted by Crippen LogP contribution is 2.32. The topological polar surface area (TPSA) is 64.4 Å². The van der Waals surface area contributed by atoms with Gasteiger partial charge in [0.15, 0.2) is 0 Å². The van der Waals surface area contributed by atoms with Crippen molar-refractivity contribution in [3.05, 3.63) is 70.8 Å². The van der Waals surface area contributed by atoms with Crippen LogP contribution in [0.3, 0.4) is 0 Å². The van der Waals surface area contributed by atoms with Gasteiger partial charge in [0.2, 0.25) is 11.8 Å². The van der Waals surface area contributed by atoms with E-state index in [4.69, 9.17) is 5.26 Å². The van der Waals surface area contributed by atoms with E-state index in [1.165, 1.54) is 5.56 Å². The van der Waals surface area contributed by atoms with E-state index < -0.39 is 0 Å². The predicted molar refractivity (Wildman–Crippen MR) is 103 cm³/mol. The molecule has 2 amide bonds. The van der Waals surface area contributed by atoms with Gasteiger partial charge in [0.05, 0.1) is 24.1 Å². The molecule has 1 aliphatic heterocycles. The van der Waals surface area contributed by atoms with Crippen molar-refractivity contribution in [1.29, 1.82) is 5.26 Å². The Balaban J connectivity index is 1.76. The zero-order valence-electron chi connectivity index (χ0n) is 15.7. The van der Waals surface area contributed by atoms with Gasteiger partial charge in [-0.1, -0.05) is 36.4 Å². The summed E-state index contributed by atoms with van der Waals surface area (Å²) in [6.45, 7) is 2.63. The molecular formula is C22H23N3O2. The van der Waals surface area contributed by atoms with Crippen LogP contribution >= 0.6 is 0 Å². The van der Waals surface area contributed by atoms with Crippen molar-refractivity contribution in [3.8, 4) is 6.07 Å². The van der Waals surface area contributed by atoms with Gasteiger partial charge in [0, 0.05) is 27.1 Å². The lowest BCUT2D eigenvalue weighted by Crippen LogP contribution is -2.41. The maximum atomic E-state index is 12.9. The number of amides is 2. The average Bonchev–Trinajstić information content (AvgIpc) is 2.68. The van der Waals surface area contributed by atoms with Gasteiger partial charge in [0.25, 0.3) is 0 Å². The molecule has 0 aromatic heterocycles. The molecule has 0 saturated carbocycles. The molecule has 5 heteroatoms. The van der Waals surface area contributed by atoms with Crippen LogP contribution in [0.4, 0.5) is 0 Å². The van der Waals surface area contributed by atoms with Crippen molar-refractivity contribution < 1.29 is 9.59 Å². The molecule has 1 aliphatic rings. The average molecular weight is 361 g/mol. The Morgan fingerprint density at radius 1 is 1.22 bits per heavy atom. The number of carbonyl (C=O) groups is 2. The lowest BCUT2D eigenvalue weighted by Gasteiger charge is -2.37. The van der Waals surface area contributed by atoms with Gasteiger partial charge >= 0.3 is 0 Å². The smallest absolute Gasteiger partial charge is 0.225 e. The monoisotopic (exact) mass is 361 g/mol. The Morgan fingerprint density at radius 2 is 2.00 bits per heavy atom. The Bertz CT molecular complexity index is 900. The molecule has 5 nitrogen and oxygen atoms in total. The molecule has 27 heavy (non-hydrogen) atoms. The molecule has 0 aliphatic carbocycles. The summed E-state index contributed by atoms with van der Waals surface area (Å²) in [5.41, 5.74) is 3.76. The van der Waals surface area contributed by atoms with Crippen LogP contribution in [0.15, 0.2) is 48.5 Å². The minimum Gasteiger partial charge on any atom is -0.341 e. The molecule has 0 N–H and O–H groups in total. The summed E-state index contributed by atoms with van der Waals surface area (Å²) in [5.74, 6) is -0.0306. The summed E-state index contributed by atoms with van der Waals surface area (Å²) < 4.78 is 0. The molecule has 1 heterocycles. The van der Waals surface area contributed by atoms with Gasteiger partial charge < -0.3 is 9.80 Å². The second-order valence-corrected chi connectivity index (χ2v) is 6.94. The van der Waals surface area contributed by atoms with Crippen LogP contribution in [0, 0.1) is 11.3 Å². The molecule has 0 spiro atoms. The molecule has 1 atom stereocenters. The third-order valence-corrected chi connectivity index (χ3v) is 5.09. The minimum atomic E-state index is -0.229. The van der Waals surface area contributed by atoms with E-state index in [0.29, 0.717) is 18.7 Å². The minimum absolute atomic E-state index is 0.00771. The number of hydrogen-bond acceptors (Lipinski definition) is 3. The quantitative estimate of drug-likeness (QED) is 0.841. The standard InChI is InChI=1S/C22H23N3O2/c1-16(26)25-11-10-19-8-3-4-9-20(19)21(25)13-22(27)24(2)15-18-7-5-6-17(12-18)14-23/h3-9,12,21H,10-11,13,15H2,1-2H3. The largest absolute Gasteiger partial charge is 0.341 e. The third kappa shape index (κ3) is 4.17. The molecule has 2 aromatic carbocycles. The first-order valence-electron chi connectivity index (χ1n) is 9.07. The fourth-order valence-electron chi connectivity index (χ4n) is 3.67. The van der Waals surface area contributed by atoms with E-state index >= 15 is 0 Å². The maximum absolute atomic E-state index is 12.9. The van der Waals surface area contributed by atoms with E-state index in [9.17, 15) is 9.59 Å². The van der Waals surface area contributed by atoms with E-state index in [0.717, 1.165) is 17.5 Å². The van der Waals surface area contributed by atoms with Crippen molar-refractivity contribution in [2.24, 2.45) is 0 Å². The van der Waals surface area contributed by atoms with Crippen molar-refractivity contribution in [2.45, 2.75) is 32.4 Å². The Kier molecular flexibility index (Phi) is 5.56. The summed E-state index contributed by atoms with van der Waals surface area (Å²) in [6, 6.07) is 17.2. The van der Waals surface area contributed by atoms with Gasteiger partial charge in [-0.15, -0.1) is 0 Å². The van der Waals surface area contributed by atoms with Crippen LogP contribution in [0.25, 0.3) is 0 Å². The molecule has 0 radical (unpaired) electrons. The first-order valence-corrected chi connectivity index (χ1v) is 9.07. The van der Waals surface area contributed by atoms with Gasteiger partial charge in [-0.3, -0.25) is 9.59 Å². The maximum Gasteiger partial charge on any atom is 0.225 e. The van der Waals surface area contributed by atoms with Crippen molar-refractivity contribution in [3.63, 3.8) is 0 Å².